The second-order valence-corrected chi connectivity index (χ2v) is 5.91. The Kier molecular flexibility index (Phi) is 4.20. The topological polar surface area (TPSA) is 64.7 Å². The number of hydrogen-bond donors (Lipinski definition) is 1. The maximum absolute atomic E-state index is 12.6. The van der Waals surface area contributed by atoms with Crippen LogP contribution in [0.1, 0.15) is 24.4 Å². The van der Waals surface area contributed by atoms with Crippen LogP contribution in [0.5, 0.6) is 0 Å². The summed E-state index contributed by atoms with van der Waals surface area (Å²) in [6, 6.07) is 9.57. The van der Waals surface area contributed by atoms with Gasteiger partial charge in [-0.25, -0.2) is 0 Å². The van der Waals surface area contributed by atoms with Gasteiger partial charge in [0.05, 0.1) is 23.3 Å². The van der Waals surface area contributed by atoms with E-state index in [2.05, 4.69) is 15.5 Å². The fraction of sp³-hybridized carbons (Fsp3) is 0.278. The van der Waals surface area contributed by atoms with Crippen molar-refractivity contribution in [3.8, 4) is 11.1 Å². The molecule has 0 aliphatic heterocycles. The molecular weight excluding hydrogens is 302 g/mol. The smallest absolute Gasteiger partial charge is 0.249 e. The summed E-state index contributed by atoms with van der Waals surface area (Å²) in [6.45, 7) is 5.65. The Morgan fingerprint density at radius 3 is 2.50 bits per heavy atom. The molecule has 0 bridgehead atoms. The first-order valence-electron chi connectivity index (χ1n) is 7.88. The molecule has 1 N–H and O–H groups in total. The number of hydrogen-bond acceptors (Lipinski definition) is 3. The highest BCUT2D eigenvalue weighted by atomic mass is 16.2. The van der Waals surface area contributed by atoms with Gasteiger partial charge in [-0.1, -0.05) is 30.3 Å². The third-order valence-electron chi connectivity index (χ3n) is 4.24. The van der Waals surface area contributed by atoms with Gasteiger partial charge in [-0.2, -0.15) is 10.2 Å². The number of rotatable bonds is 4. The van der Waals surface area contributed by atoms with E-state index in [-0.39, 0.29) is 5.91 Å². The zero-order valence-electron chi connectivity index (χ0n) is 14.3. The Morgan fingerprint density at radius 2 is 1.88 bits per heavy atom. The summed E-state index contributed by atoms with van der Waals surface area (Å²) < 4.78 is 3.44. The third kappa shape index (κ3) is 2.95. The summed E-state index contributed by atoms with van der Waals surface area (Å²) in [6.07, 6.45) is 3.67. The van der Waals surface area contributed by atoms with Crippen LogP contribution in [-0.4, -0.2) is 25.5 Å². The Labute approximate surface area is 141 Å². The Morgan fingerprint density at radius 1 is 1.17 bits per heavy atom. The lowest BCUT2D eigenvalue weighted by molar-refractivity contribution is -0.119. The minimum absolute atomic E-state index is 0.114. The van der Waals surface area contributed by atoms with Crippen molar-refractivity contribution in [2.75, 3.05) is 5.32 Å². The molecule has 0 aliphatic carbocycles. The quantitative estimate of drug-likeness (QED) is 0.802. The van der Waals surface area contributed by atoms with E-state index in [1.54, 1.807) is 15.6 Å². The van der Waals surface area contributed by atoms with E-state index in [0.717, 1.165) is 28.2 Å². The highest BCUT2D eigenvalue weighted by Crippen LogP contribution is 2.22. The molecule has 3 aromatic rings. The summed E-state index contributed by atoms with van der Waals surface area (Å²) in [5.74, 6) is -0.114. The van der Waals surface area contributed by atoms with Crippen LogP contribution in [0.15, 0.2) is 42.7 Å². The molecule has 1 amide bonds. The molecule has 3 rings (SSSR count). The predicted octanol–water partition coefficient (Wildman–Crippen LogP) is 3.10. The van der Waals surface area contributed by atoms with Crippen LogP contribution in [0, 0.1) is 13.8 Å². The fourth-order valence-electron chi connectivity index (χ4n) is 2.63. The molecular formula is C18H21N5O. The molecule has 24 heavy (non-hydrogen) atoms. The van der Waals surface area contributed by atoms with Crippen LogP contribution in [0.3, 0.4) is 0 Å². The van der Waals surface area contributed by atoms with E-state index in [1.807, 2.05) is 64.3 Å². The van der Waals surface area contributed by atoms with Gasteiger partial charge in [-0.3, -0.25) is 14.2 Å². The normalized spacial score (nSPS) is 12.2. The Balaban J connectivity index is 1.78. The Bertz CT molecular complexity index is 863. The minimum Gasteiger partial charge on any atom is -0.321 e. The van der Waals surface area contributed by atoms with Gasteiger partial charge in [-0.05, 0) is 26.3 Å². The van der Waals surface area contributed by atoms with Gasteiger partial charge in [0, 0.05) is 18.8 Å². The van der Waals surface area contributed by atoms with Crippen molar-refractivity contribution >= 4 is 11.6 Å². The maximum Gasteiger partial charge on any atom is 0.249 e. The average molecular weight is 323 g/mol. The Hall–Kier alpha value is -2.89. The van der Waals surface area contributed by atoms with Crippen molar-refractivity contribution in [1.29, 1.82) is 0 Å². The highest BCUT2D eigenvalue weighted by molar-refractivity contribution is 5.94. The SMILES string of the molecule is Cc1nn(C)c(C)c1NC(=O)C(C)n1cc(-c2ccccc2)cn1. The molecule has 0 fully saturated rings. The largest absolute Gasteiger partial charge is 0.321 e. The number of amides is 1. The van der Waals surface area contributed by atoms with Gasteiger partial charge < -0.3 is 5.32 Å². The van der Waals surface area contributed by atoms with Crippen LogP contribution in [0.2, 0.25) is 0 Å². The van der Waals surface area contributed by atoms with Crippen molar-refractivity contribution in [2.45, 2.75) is 26.8 Å². The second-order valence-electron chi connectivity index (χ2n) is 5.91. The highest BCUT2D eigenvalue weighted by Gasteiger charge is 2.19. The molecule has 0 aliphatic rings. The van der Waals surface area contributed by atoms with Gasteiger partial charge in [0.1, 0.15) is 6.04 Å². The standard InChI is InChI=1S/C18H21N5O/c1-12-17(13(2)22(4)21-12)20-18(24)14(3)23-11-16(10-19-23)15-8-6-5-7-9-15/h5-11,14H,1-4H3,(H,20,24). The van der Waals surface area contributed by atoms with Crippen LogP contribution < -0.4 is 5.32 Å². The van der Waals surface area contributed by atoms with Crippen molar-refractivity contribution in [2.24, 2.45) is 7.05 Å². The molecule has 0 radical (unpaired) electrons. The van der Waals surface area contributed by atoms with E-state index < -0.39 is 6.04 Å². The second kappa shape index (κ2) is 6.31. The third-order valence-corrected chi connectivity index (χ3v) is 4.24. The number of carbonyl (C=O) groups is 1. The van der Waals surface area contributed by atoms with E-state index >= 15 is 0 Å². The molecule has 6 nitrogen and oxygen atoms in total. The minimum atomic E-state index is -0.415. The van der Waals surface area contributed by atoms with Gasteiger partial charge in [-0.15, -0.1) is 0 Å². The van der Waals surface area contributed by atoms with Gasteiger partial charge in [0.25, 0.3) is 0 Å². The first kappa shape index (κ1) is 16.0. The number of aromatic nitrogens is 4. The number of anilines is 1. The van der Waals surface area contributed by atoms with Crippen LogP contribution in [0.25, 0.3) is 11.1 Å². The van der Waals surface area contributed by atoms with Gasteiger partial charge in [0.2, 0.25) is 5.91 Å². The summed E-state index contributed by atoms with van der Waals surface area (Å²) in [5.41, 5.74) is 4.57. The monoisotopic (exact) mass is 323 g/mol. The number of nitrogens with zero attached hydrogens (tertiary/aromatic N) is 4. The van der Waals surface area contributed by atoms with Gasteiger partial charge in [0.15, 0.2) is 0 Å². The van der Waals surface area contributed by atoms with Crippen LogP contribution in [-0.2, 0) is 11.8 Å². The van der Waals surface area contributed by atoms with Crippen molar-refractivity contribution in [1.82, 2.24) is 19.6 Å². The summed E-state index contributed by atoms with van der Waals surface area (Å²) in [4.78, 5) is 12.6. The molecule has 1 atom stereocenters. The van der Waals surface area contributed by atoms with Crippen molar-refractivity contribution in [3.63, 3.8) is 0 Å². The van der Waals surface area contributed by atoms with Crippen LogP contribution >= 0.6 is 0 Å². The number of carbonyl (C=O) groups excluding carboxylic acids is 1. The first-order chi connectivity index (χ1) is 11.5. The lowest BCUT2D eigenvalue weighted by atomic mass is 10.1. The van der Waals surface area contributed by atoms with E-state index in [9.17, 15) is 4.79 Å². The molecule has 1 unspecified atom stereocenters. The molecule has 0 saturated carbocycles. The molecule has 1 aromatic carbocycles. The zero-order chi connectivity index (χ0) is 17.3. The van der Waals surface area contributed by atoms with E-state index in [0.29, 0.717) is 0 Å². The van der Waals surface area contributed by atoms with Gasteiger partial charge >= 0.3 is 0 Å². The number of benzene rings is 1. The maximum atomic E-state index is 12.6. The van der Waals surface area contributed by atoms with E-state index in [4.69, 9.17) is 0 Å². The molecule has 0 saturated heterocycles. The lowest BCUT2D eigenvalue weighted by Gasteiger charge is -2.13. The first-order valence-corrected chi connectivity index (χ1v) is 7.88. The lowest BCUT2D eigenvalue weighted by Crippen LogP contribution is -2.24. The average Bonchev–Trinajstić information content (AvgIpc) is 3.16. The number of nitrogens with one attached hydrogen (secondary N) is 1. The molecule has 0 spiro atoms. The molecule has 2 heterocycles. The summed E-state index contributed by atoms with van der Waals surface area (Å²) in [5, 5.41) is 11.6. The van der Waals surface area contributed by atoms with Crippen molar-refractivity contribution in [3.05, 3.63) is 54.1 Å². The summed E-state index contributed by atoms with van der Waals surface area (Å²) in [7, 11) is 1.86. The van der Waals surface area contributed by atoms with Crippen molar-refractivity contribution < 1.29 is 4.79 Å². The number of aryl methyl sites for hydroxylation is 2. The predicted molar refractivity (Wildman–Crippen MR) is 93.7 cm³/mol. The fourth-order valence-corrected chi connectivity index (χ4v) is 2.63. The molecule has 124 valence electrons. The summed E-state index contributed by atoms with van der Waals surface area (Å²) >= 11 is 0. The van der Waals surface area contributed by atoms with E-state index in [1.165, 1.54) is 0 Å². The van der Waals surface area contributed by atoms with Crippen LogP contribution in [0.4, 0.5) is 5.69 Å². The molecule has 2 aromatic heterocycles. The zero-order valence-corrected chi connectivity index (χ0v) is 14.3. The molecule has 6 heteroatoms.